The Balaban J connectivity index is 2.53. The third-order valence-corrected chi connectivity index (χ3v) is 2.25. The van der Waals surface area contributed by atoms with Gasteiger partial charge in [0.1, 0.15) is 0 Å². The molecule has 0 aromatic carbocycles. The Morgan fingerprint density at radius 1 is 1.54 bits per heavy atom. The molecule has 0 bridgehead atoms. The molecule has 74 valence electrons. The Morgan fingerprint density at radius 2 is 2.31 bits per heavy atom. The Morgan fingerprint density at radius 3 is 2.92 bits per heavy atom. The molecule has 0 heterocycles. The van der Waals surface area contributed by atoms with E-state index in [1.807, 2.05) is 6.08 Å². The number of hydrogen-bond acceptors (Lipinski definition) is 3. The first kappa shape index (κ1) is 10.1. The smallest absolute Gasteiger partial charge is 0.0701 e. The maximum atomic E-state index is 5.87. The molecule has 13 heavy (non-hydrogen) atoms. The third-order valence-electron chi connectivity index (χ3n) is 2.25. The molecule has 1 aliphatic carbocycles. The molecule has 0 aromatic heterocycles. The summed E-state index contributed by atoms with van der Waals surface area (Å²) in [4.78, 5) is 0. The van der Waals surface area contributed by atoms with Crippen molar-refractivity contribution < 1.29 is 0 Å². The molecule has 0 atom stereocenters. The molecule has 0 saturated carbocycles. The van der Waals surface area contributed by atoms with Gasteiger partial charge in [-0.3, -0.25) is 0 Å². The lowest BCUT2D eigenvalue weighted by molar-refractivity contribution is 0.355. The lowest BCUT2D eigenvalue weighted by Crippen LogP contribution is -2.33. The summed E-state index contributed by atoms with van der Waals surface area (Å²) < 4.78 is 0. The maximum Gasteiger partial charge on any atom is 0.0701 e. The molecule has 1 rings (SSSR count). The van der Waals surface area contributed by atoms with Crippen molar-refractivity contribution in [1.82, 2.24) is 5.01 Å². The van der Waals surface area contributed by atoms with E-state index >= 15 is 0 Å². The highest BCUT2D eigenvalue weighted by Gasteiger charge is 2.09. The molecular weight excluding hydrogens is 162 g/mol. The summed E-state index contributed by atoms with van der Waals surface area (Å²) in [5.41, 5.74) is 7.78. The van der Waals surface area contributed by atoms with Gasteiger partial charge in [-0.15, -0.1) is 0 Å². The van der Waals surface area contributed by atoms with E-state index in [0.717, 1.165) is 43.6 Å². The van der Waals surface area contributed by atoms with Crippen LogP contribution in [0.1, 0.15) is 32.6 Å². The summed E-state index contributed by atoms with van der Waals surface area (Å²) in [7, 11) is 0. The van der Waals surface area contributed by atoms with Gasteiger partial charge in [-0.25, -0.2) is 5.84 Å². The standard InChI is InChI=1S/C10H19N3/c1-2-3-8-13(12)10-7-5-4-6-9(10)11/h5,7H,2-4,6,8,11-12H2,1H3. The molecule has 0 aromatic rings. The van der Waals surface area contributed by atoms with Crippen molar-refractivity contribution >= 4 is 0 Å². The van der Waals surface area contributed by atoms with Crippen LogP contribution in [0.25, 0.3) is 0 Å². The normalized spacial score (nSPS) is 16.5. The van der Waals surface area contributed by atoms with Crippen LogP contribution in [0.5, 0.6) is 0 Å². The first-order valence-electron chi connectivity index (χ1n) is 4.93. The minimum absolute atomic E-state index is 0.886. The Bertz CT molecular complexity index is 218. The largest absolute Gasteiger partial charge is 0.400 e. The zero-order chi connectivity index (χ0) is 9.68. The Hall–Kier alpha value is -0.960. The minimum Gasteiger partial charge on any atom is -0.400 e. The van der Waals surface area contributed by atoms with Crippen LogP contribution in [0.2, 0.25) is 0 Å². The quantitative estimate of drug-likeness (QED) is 0.510. The number of nitrogens with two attached hydrogens (primary N) is 2. The van der Waals surface area contributed by atoms with E-state index in [9.17, 15) is 0 Å². The van der Waals surface area contributed by atoms with Gasteiger partial charge in [-0.05, 0) is 25.3 Å². The monoisotopic (exact) mass is 181 g/mol. The van der Waals surface area contributed by atoms with Gasteiger partial charge >= 0.3 is 0 Å². The number of allylic oxidation sites excluding steroid dienone is 3. The molecule has 0 aliphatic heterocycles. The van der Waals surface area contributed by atoms with E-state index in [1.54, 1.807) is 5.01 Å². The third kappa shape index (κ3) is 2.77. The average molecular weight is 181 g/mol. The van der Waals surface area contributed by atoms with Crippen LogP contribution in [0.3, 0.4) is 0 Å². The van der Waals surface area contributed by atoms with Crippen LogP contribution >= 0.6 is 0 Å². The molecule has 0 amide bonds. The summed E-state index contributed by atoms with van der Waals surface area (Å²) in [6.07, 6.45) is 8.39. The Kier molecular flexibility index (Phi) is 3.83. The molecule has 0 radical (unpaired) electrons. The van der Waals surface area contributed by atoms with Crippen LogP contribution in [-0.2, 0) is 0 Å². The van der Waals surface area contributed by atoms with Crippen molar-refractivity contribution in [3.05, 3.63) is 23.5 Å². The average Bonchev–Trinajstić information content (AvgIpc) is 2.15. The van der Waals surface area contributed by atoms with Crippen LogP contribution in [0, 0.1) is 0 Å². The number of unbranched alkanes of at least 4 members (excludes halogenated alkanes) is 1. The summed E-state index contributed by atoms with van der Waals surface area (Å²) >= 11 is 0. The summed E-state index contributed by atoms with van der Waals surface area (Å²) in [5.74, 6) is 5.87. The molecule has 1 aliphatic rings. The SMILES string of the molecule is CCCCN(N)C1=C(N)CCC=C1. The summed E-state index contributed by atoms with van der Waals surface area (Å²) in [6.45, 7) is 3.04. The van der Waals surface area contributed by atoms with Gasteiger partial charge in [-0.1, -0.05) is 19.4 Å². The summed E-state index contributed by atoms with van der Waals surface area (Å²) in [5, 5.41) is 1.76. The van der Waals surface area contributed by atoms with Gasteiger partial charge in [0.15, 0.2) is 0 Å². The van der Waals surface area contributed by atoms with Crippen molar-refractivity contribution in [2.45, 2.75) is 32.6 Å². The second-order valence-corrected chi connectivity index (χ2v) is 3.40. The lowest BCUT2D eigenvalue weighted by atomic mass is 10.1. The van der Waals surface area contributed by atoms with Crippen LogP contribution in [0.4, 0.5) is 0 Å². The van der Waals surface area contributed by atoms with Crippen LogP contribution in [0.15, 0.2) is 23.5 Å². The number of hydrogen-bond donors (Lipinski definition) is 2. The van der Waals surface area contributed by atoms with Crippen molar-refractivity contribution in [3.8, 4) is 0 Å². The predicted octanol–water partition coefficient (Wildman–Crippen LogP) is 1.48. The molecule has 0 saturated heterocycles. The van der Waals surface area contributed by atoms with Crippen molar-refractivity contribution in [2.75, 3.05) is 6.54 Å². The highest BCUT2D eigenvalue weighted by molar-refractivity contribution is 5.25. The molecule has 3 nitrogen and oxygen atoms in total. The predicted molar refractivity (Wildman–Crippen MR) is 55.4 cm³/mol. The molecule has 0 spiro atoms. The first-order valence-corrected chi connectivity index (χ1v) is 4.93. The van der Waals surface area contributed by atoms with Gasteiger partial charge in [0.05, 0.1) is 5.70 Å². The second-order valence-electron chi connectivity index (χ2n) is 3.40. The number of hydrazine groups is 1. The van der Waals surface area contributed by atoms with E-state index in [4.69, 9.17) is 11.6 Å². The van der Waals surface area contributed by atoms with Gasteiger partial charge in [0.25, 0.3) is 0 Å². The van der Waals surface area contributed by atoms with E-state index < -0.39 is 0 Å². The Labute approximate surface area is 80.0 Å². The van der Waals surface area contributed by atoms with Gasteiger partial charge in [-0.2, -0.15) is 0 Å². The zero-order valence-corrected chi connectivity index (χ0v) is 8.29. The molecule has 4 N–H and O–H groups in total. The highest BCUT2D eigenvalue weighted by atomic mass is 15.4. The topological polar surface area (TPSA) is 55.3 Å². The molecule has 3 heteroatoms. The summed E-state index contributed by atoms with van der Waals surface area (Å²) in [6, 6.07) is 0. The van der Waals surface area contributed by atoms with Gasteiger partial charge < -0.3 is 10.7 Å². The maximum absolute atomic E-state index is 5.87. The number of rotatable bonds is 4. The van der Waals surface area contributed by atoms with Gasteiger partial charge in [0, 0.05) is 12.2 Å². The number of nitrogens with zero attached hydrogens (tertiary/aromatic N) is 1. The van der Waals surface area contributed by atoms with E-state index in [2.05, 4.69) is 13.0 Å². The molecular formula is C10H19N3. The molecule has 0 fully saturated rings. The van der Waals surface area contributed by atoms with Crippen LogP contribution < -0.4 is 11.6 Å². The van der Waals surface area contributed by atoms with Gasteiger partial charge in [0.2, 0.25) is 0 Å². The fourth-order valence-electron chi connectivity index (χ4n) is 1.40. The fourth-order valence-corrected chi connectivity index (χ4v) is 1.40. The second kappa shape index (κ2) is 4.92. The minimum atomic E-state index is 0.886. The zero-order valence-electron chi connectivity index (χ0n) is 8.29. The first-order chi connectivity index (χ1) is 6.25. The van der Waals surface area contributed by atoms with E-state index in [-0.39, 0.29) is 0 Å². The molecule has 0 unspecified atom stereocenters. The van der Waals surface area contributed by atoms with Crippen molar-refractivity contribution in [1.29, 1.82) is 0 Å². The highest BCUT2D eigenvalue weighted by Crippen LogP contribution is 2.16. The van der Waals surface area contributed by atoms with Crippen molar-refractivity contribution in [2.24, 2.45) is 11.6 Å². The van der Waals surface area contributed by atoms with Crippen LogP contribution in [-0.4, -0.2) is 11.6 Å². The lowest BCUT2D eigenvalue weighted by Gasteiger charge is -2.23. The van der Waals surface area contributed by atoms with Crippen molar-refractivity contribution in [3.63, 3.8) is 0 Å². The van der Waals surface area contributed by atoms with E-state index in [0.29, 0.717) is 0 Å². The fraction of sp³-hybridized carbons (Fsp3) is 0.600. The van der Waals surface area contributed by atoms with E-state index in [1.165, 1.54) is 0 Å².